The third-order valence-corrected chi connectivity index (χ3v) is 5.33. The number of carbonyl (C=O) groups is 1. The molecule has 2 aromatic rings. The van der Waals surface area contributed by atoms with Crippen LogP contribution in [0.5, 0.6) is 0 Å². The number of carbonyl (C=O) groups excluding carboxylic acids is 1. The van der Waals surface area contributed by atoms with Gasteiger partial charge in [0, 0.05) is 24.5 Å². The first kappa shape index (κ1) is 15.3. The highest BCUT2D eigenvalue weighted by atomic mass is 32.1. The summed E-state index contributed by atoms with van der Waals surface area (Å²) in [5, 5.41) is 0. The van der Waals surface area contributed by atoms with E-state index in [9.17, 15) is 4.79 Å². The standard InChI is InChI=1S/C18H22N2OS/c19-10-11-20(13-14-6-2-1-3-7-14)18(21)17-12-15-8-4-5-9-16(15)22-17/h1-3,6-7,12H,4-5,8-11,13,19H2. The Labute approximate surface area is 135 Å². The molecule has 1 aromatic heterocycles. The largest absolute Gasteiger partial charge is 0.332 e. The summed E-state index contributed by atoms with van der Waals surface area (Å²) in [6.45, 7) is 1.71. The number of nitrogens with zero attached hydrogens (tertiary/aromatic N) is 1. The zero-order valence-corrected chi connectivity index (χ0v) is 13.6. The Balaban J connectivity index is 1.78. The van der Waals surface area contributed by atoms with Crippen LogP contribution < -0.4 is 5.73 Å². The van der Waals surface area contributed by atoms with Crippen LogP contribution in [-0.4, -0.2) is 23.9 Å². The fourth-order valence-electron chi connectivity index (χ4n) is 2.96. The van der Waals surface area contributed by atoms with Gasteiger partial charge in [0.2, 0.25) is 0 Å². The van der Waals surface area contributed by atoms with E-state index in [-0.39, 0.29) is 5.91 Å². The predicted octanol–water partition coefficient (Wildman–Crippen LogP) is 3.23. The van der Waals surface area contributed by atoms with E-state index in [2.05, 4.69) is 18.2 Å². The molecule has 0 aliphatic heterocycles. The van der Waals surface area contributed by atoms with Gasteiger partial charge in [0.25, 0.3) is 5.91 Å². The molecule has 2 N–H and O–H groups in total. The average Bonchev–Trinajstić information content (AvgIpc) is 2.99. The van der Waals surface area contributed by atoms with Crippen LogP contribution >= 0.6 is 11.3 Å². The van der Waals surface area contributed by atoms with E-state index >= 15 is 0 Å². The van der Waals surface area contributed by atoms with E-state index in [4.69, 9.17) is 5.73 Å². The Morgan fingerprint density at radius 2 is 1.95 bits per heavy atom. The lowest BCUT2D eigenvalue weighted by atomic mass is 9.99. The number of hydrogen-bond acceptors (Lipinski definition) is 3. The Hall–Kier alpha value is -1.65. The molecule has 1 heterocycles. The molecule has 0 saturated heterocycles. The quantitative estimate of drug-likeness (QED) is 0.921. The highest BCUT2D eigenvalue weighted by molar-refractivity contribution is 7.14. The van der Waals surface area contributed by atoms with Crippen LogP contribution in [0.4, 0.5) is 0 Å². The fraction of sp³-hybridized carbons (Fsp3) is 0.389. The molecule has 4 heteroatoms. The number of fused-ring (bicyclic) bond motifs is 1. The minimum Gasteiger partial charge on any atom is -0.332 e. The van der Waals surface area contributed by atoms with Crippen molar-refractivity contribution in [3.05, 3.63) is 57.3 Å². The number of thiophene rings is 1. The summed E-state index contributed by atoms with van der Waals surface area (Å²) in [6, 6.07) is 12.2. The molecule has 1 aromatic carbocycles. The summed E-state index contributed by atoms with van der Waals surface area (Å²) in [4.78, 5) is 17.0. The van der Waals surface area contributed by atoms with Crippen LogP contribution in [0.1, 0.15) is 38.5 Å². The number of aryl methyl sites for hydroxylation is 2. The van der Waals surface area contributed by atoms with Crippen molar-refractivity contribution in [3.63, 3.8) is 0 Å². The molecule has 3 rings (SSSR count). The number of benzene rings is 1. The molecule has 0 unspecified atom stereocenters. The summed E-state index contributed by atoms with van der Waals surface area (Å²) >= 11 is 1.68. The molecule has 0 fully saturated rings. The Bertz CT molecular complexity index is 612. The van der Waals surface area contributed by atoms with Gasteiger partial charge in [0.15, 0.2) is 0 Å². The molecule has 22 heavy (non-hydrogen) atoms. The second-order valence-electron chi connectivity index (χ2n) is 5.77. The molecule has 1 aliphatic carbocycles. The highest BCUT2D eigenvalue weighted by Crippen LogP contribution is 2.30. The molecule has 0 atom stereocenters. The van der Waals surface area contributed by atoms with Crippen LogP contribution in [-0.2, 0) is 19.4 Å². The van der Waals surface area contributed by atoms with Gasteiger partial charge in [-0.05, 0) is 42.9 Å². The Morgan fingerprint density at radius 1 is 1.18 bits per heavy atom. The third kappa shape index (κ3) is 3.39. The molecule has 1 amide bonds. The second-order valence-corrected chi connectivity index (χ2v) is 6.90. The minimum absolute atomic E-state index is 0.119. The van der Waals surface area contributed by atoms with E-state index in [1.807, 2.05) is 23.1 Å². The zero-order chi connectivity index (χ0) is 15.4. The number of hydrogen-bond donors (Lipinski definition) is 1. The van der Waals surface area contributed by atoms with Gasteiger partial charge >= 0.3 is 0 Å². The molecule has 0 bridgehead atoms. The van der Waals surface area contributed by atoms with Gasteiger partial charge in [-0.3, -0.25) is 4.79 Å². The average molecular weight is 314 g/mol. The second kappa shape index (κ2) is 7.07. The summed E-state index contributed by atoms with van der Waals surface area (Å²) in [7, 11) is 0. The first-order chi connectivity index (χ1) is 10.8. The van der Waals surface area contributed by atoms with Crippen LogP contribution in [0.2, 0.25) is 0 Å². The van der Waals surface area contributed by atoms with Crippen LogP contribution in [0, 0.1) is 0 Å². The van der Waals surface area contributed by atoms with Gasteiger partial charge in [-0.25, -0.2) is 0 Å². The number of amides is 1. The van der Waals surface area contributed by atoms with Crippen molar-refractivity contribution in [2.24, 2.45) is 5.73 Å². The summed E-state index contributed by atoms with van der Waals surface area (Å²) in [5.41, 5.74) is 8.23. The Kier molecular flexibility index (Phi) is 4.90. The van der Waals surface area contributed by atoms with E-state index in [1.165, 1.54) is 23.3 Å². The van der Waals surface area contributed by atoms with E-state index in [0.717, 1.165) is 23.3 Å². The molecular formula is C18H22N2OS. The maximum atomic E-state index is 12.8. The molecular weight excluding hydrogens is 292 g/mol. The van der Waals surface area contributed by atoms with Gasteiger partial charge in [0.05, 0.1) is 4.88 Å². The number of nitrogens with two attached hydrogens (primary N) is 1. The van der Waals surface area contributed by atoms with E-state index < -0.39 is 0 Å². The lowest BCUT2D eigenvalue weighted by Gasteiger charge is -2.21. The molecule has 3 nitrogen and oxygen atoms in total. The van der Waals surface area contributed by atoms with Crippen molar-refractivity contribution in [2.45, 2.75) is 32.2 Å². The van der Waals surface area contributed by atoms with Gasteiger partial charge in [0.1, 0.15) is 0 Å². The van der Waals surface area contributed by atoms with Crippen LogP contribution in [0.3, 0.4) is 0 Å². The maximum Gasteiger partial charge on any atom is 0.264 e. The molecule has 0 spiro atoms. The summed E-state index contributed by atoms with van der Waals surface area (Å²) in [6.07, 6.45) is 4.74. The van der Waals surface area contributed by atoms with Crippen molar-refractivity contribution in [1.29, 1.82) is 0 Å². The van der Waals surface area contributed by atoms with E-state index in [1.54, 1.807) is 11.3 Å². The first-order valence-electron chi connectivity index (χ1n) is 7.93. The van der Waals surface area contributed by atoms with Crippen LogP contribution in [0.15, 0.2) is 36.4 Å². The summed E-state index contributed by atoms with van der Waals surface area (Å²) < 4.78 is 0. The molecule has 0 radical (unpaired) electrons. The molecule has 116 valence electrons. The smallest absolute Gasteiger partial charge is 0.264 e. The Morgan fingerprint density at radius 3 is 2.68 bits per heavy atom. The van der Waals surface area contributed by atoms with Crippen molar-refractivity contribution < 1.29 is 4.79 Å². The lowest BCUT2D eigenvalue weighted by Crippen LogP contribution is -2.34. The van der Waals surface area contributed by atoms with Crippen molar-refractivity contribution in [3.8, 4) is 0 Å². The first-order valence-corrected chi connectivity index (χ1v) is 8.74. The summed E-state index contributed by atoms with van der Waals surface area (Å²) in [5.74, 6) is 0.119. The molecule has 0 saturated carbocycles. The molecule has 1 aliphatic rings. The van der Waals surface area contributed by atoms with Crippen molar-refractivity contribution in [1.82, 2.24) is 4.90 Å². The van der Waals surface area contributed by atoms with Crippen molar-refractivity contribution >= 4 is 17.2 Å². The van der Waals surface area contributed by atoms with Gasteiger partial charge in [-0.15, -0.1) is 11.3 Å². The van der Waals surface area contributed by atoms with Crippen molar-refractivity contribution in [2.75, 3.05) is 13.1 Å². The normalized spacial score (nSPS) is 13.7. The maximum absolute atomic E-state index is 12.8. The van der Waals surface area contributed by atoms with Gasteiger partial charge in [-0.2, -0.15) is 0 Å². The minimum atomic E-state index is 0.119. The topological polar surface area (TPSA) is 46.3 Å². The highest BCUT2D eigenvalue weighted by Gasteiger charge is 2.21. The third-order valence-electron chi connectivity index (χ3n) is 4.11. The van der Waals surface area contributed by atoms with Crippen LogP contribution in [0.25, 0.3) is 0 Å². The van der Waals surface area contributed by atoms with Gasteiger partial charge in [-0.1, -0.05) is 30.3 Å². The SMILES string of the molecule is NCCN(Cc1ccccc1)C(=O)c1cc2c(s1)CCCC2. The fourth-order valence-corrected chi connectivity index (χ4v) is 4.19. The van der Waals surface area contributed by atoms with Gasteiger partial charge < -0.3 is 10.6 Å². The monoisotopic (exact) mass is 314 g/mol. The zero-order valence-electron chi connectivity index (χ0n) is 12.8. The van der Waals surface area contributed by atoms with E-state index in [0.29, 0.717) is 19.6 Å². The lowest BCUT2D eigenvalue weighted by molar-refractivity contribution is 0.0753. The number of rotatable bonds is 5. The predicted molar refractivity (Wildman–Crippen MR) is 91.2 cm³/mol.